The number of alkyl halides is 1. The maximum Gasteiger partial charge on any atom is 0.115 e. The molecule has 0 spiro atoms. The van der Waals surface area contributed by atoms with E-state index in [9.17, 15) is 4.39 Å². The summed E-state index contributed by atoms with van der Waals surface area (Å²) in [6.07, 6.45) is 23.6. The van der Waals surface area contributed by atoms with Crippen LogP contribution in [0.3, 0.4) is 0 Å². The molecule has 4 rings (SSSR count). The van der Waals surface area contributed by atoms with Crippen LogP contribution in [-0.2, 0) is 6.67 Å². The maximum atomic E-state index is 12.7. The van der Waals surface area contributed by atoms with Crippen LogP contribution in [0.2, 0.25) is 0 Å². The van der Waals surface area contributed by atoms with Crippen molar-refractivity contribution in [1.82, 2.24) is 0 Å². The van der Waals surface area contributed by atoms with Crippen molar-refractivity contribution in [2.75, 3.05) is 0 Å². The SMILES string of the molecule is CCC[C@H]1CC[C@H]([C@H]2CC[C@H](CC[C@H]3CC[C@H](c4ccc(CF)cc4)CC3)CC2)CC1. The Morgan fingerprint density at radius 2 is 1.06 bits per heavy atom. The van der Waals surface area contributed by atoms with Crippen LogP contribution in [0.1, 0.15) is 127 Å². The van der Waals surface area contributed by atoms with E-state index in [1.807, 2.05) is 12.1 Å². The molecule has 0 saturated heterocycles. The molecule has 0 aromatic heterocycles. The molecule has 31 heavy (non-hydrogen) atoms. The number of benzene rings is 1. The first kappa shape index (κ1) is 23.3. The van der Waals surface area contributed by atoms with Gasteiger partial charge in [-0.05, 0) is 98.0 Å². The van der Waals surface area contributed by atoms with E-state index in [2.05, 4.69) is 19.1 Å². The van der Waals surface area contributed by atoms with Crippen molar-refractivity contribution in [3.05, 3.63) is 35.4 Å². The van der Waals surface area contributed by atoms with E-state index in [0.29, 0.717) is 5.92 Å². The predicted molar refractivity (Wildman–Crippen MR) is 131 cm³/mol. The van der Waals surface area contributed by atoms with Crippen molar-refractivity contribution in [3.8, 4) is 0 Å². The number of hydrogen-bond acceptors (Lipinski definition) is 0. The molecule has 0 radical (unpaired) electrons. The molecule has 1 aromatic rings. The smallest absolute Gasteiger partial charge is 0.115 e. The maximum absolute atomic E-state index is 12.7. The summed E-state index contributed by atoms with van der Waals surface area (Å²) in [6.45, 7) is 2.02. The summed E-state index contributed by atoms with van der Waals surface area (Å²) in [5.41, 5.74) is 2.26. The third-order valence-electron chi connectivity index (χ3n) is 9.58. The first-order chi connectivity index (χ1) is 15.2. The third kappa shape index (κ3) is 6.58. The molecule has 3 fully saturated rings. The van der Waals surface area contributed by atoms with E-state index < -0.39 is 0 Å². The number of hydrogen-bond donors (Lipinski definition) is 0. The van der Waals surface area contributed by atoms with E-state index >= 15 is 0 Å². The van der Waals surface area contributed by atoms with Crippen molar-refractivity contribution in [2.45, 2.75) is 122 Å². The van der Waals surface area contributed by atoms with E-state index in [4.69, 9.17) is 0 Å². The highest BCUT2D eigenvalue weighted by Crippen LogP contribution is 2.44. The summed E-state index contributed by atoms with van der Waals surface area (Å²) in [4.78, 5) is 0. The van der Waals surface area contributed by atoms with Gasteiger partial charge in [0.1, 0.15) is 6.67 Å². The van der Waals surface area contributed by atoms with E-state index in [-0.39, 0.29) is 6.67 Å². The van der Waals surface area contributed by atoms with Crippen LogP contribution in [0.15, 0.2) is 24.3 Å². The molecule has 0 nitrogen and oxygen atoms in total. The van der Waals surface area contributed by atoms with Crippen LogP contribution in [0.25, 0.3) is 0 Å². The Labute approximate surface area is 191 Å². The molecule has 1 heteroatoms. The van der Waals surface area contributed by atoms with Gasteiger partial charge < -0.3 is 0 Å². The van der Waals surface area contributed by atoms with Gasteiger partial charge in [-0.1, -0.05) is 82.6 Å². The molecule has 3 saturated carbocycles. The highest BCUT2D eigenvalue weighted by atomic mass is 19.1. The molecule has 0 amide bonds. The van der Waals surface area contributed by atoms with Crippen LogP contribution in [-0.4, -0.2) is 0 Å². The van der Waals surface area contributed by atoms with Gasteiger partial charge in [-0.25, -0.2) is 4.39 Å². The van der Waals surface area contributed by atoms with Crippen molar-refractivity contribution in [2.24, 2.45) is 29.6 Å². The molecule has 0 heterocycles. The summed E-state index contributed by atoms with van der Waals surface area (Å²) in [7, 11) is 0. The number of halogens is 1. The van der Waals surface area contributed by atoms with Crippen LogP contribution in [0.4, 0.5) is 4.39 Å². The van der Waals surface area contributed by atoms with Gasteiger partial charge in [0.05, 0.1) is 0 Å². The first-order valence-corrected chi connectivity index (χ1v) is 13.9. The average Bonchev–Trinajstić information content (AvgIpc) is 2.84. The highest BCUT2D eigenvalue weighted by molar-refractivity contribution is 5.25. The molecule has 0 atom stereocenters. The third-order valence-corrected chi connectivity index (χ3v) is 9.58. The lowest BCUT2D eigenvalue weighted by Gasteiger charge is -2.38. The van der Waals surface area contributed by atoms with Gasteiger partial charge >= 0.3 is 0 Å². The van der Waals surface area contributed by atoms with Crippen molar-refractivity contribution in [1.29, 1.82) is 0 Å². The summed E-state index contributed by atoms with van der Waals surface area (Å²) in [5.74, 6) is 5.91. The Bertz CT molecular complexity index is 610. The Morgan fingerprint density at radius 3 is 1.52 bits per heavy atom. The fraction of sp³-hybridized carbons (Fsp3) is 0.800. The Balaban J connectivity index is 1.11. The Morgan fingerprint density at radius 1 is 0.613 bits per heavy atom. The minimum atomic E-state index is -0.338. The van der Waals surface area contributed by atoms with Crippen molar-refractivity contribution >= 4 is 0 Å². The van der Waals surface area contributed by atoms with Gasteiger partial charge in [0.15, 0.2) is 0 Å². The van der Waals surface area contributed by atoms with Crippen molar-refractivity contribution < 1.29 is 4.39 Å². The Kier molecular flexibility index (Phi) is 8.91. The fourth-order valence-electron chi connectivity index (χ4n) is 7.44. The molecule has 3 aliphatic rings. The van der Waals surface area contributed by atoms with Crippen LogP contribution < -0.4 is 0 Å². The molecule has 0 bridgehead atoms. The largest absolute Gasteiger partial charge is 0.246 e. The van der Waals surface area contributed by atoms with Gasteiger partial charge in [-0.15, -0.1) is 0 Å². The molecule has 1 aromatic carbocycles. The summed E-state index contributed by atoms with van der Waals surface area (Å²) in [5, 5.41) is 0. The molecular formula is C30H47F. The first-order valence-electron chi connectivity index (χ1n) is 13.9. The lowest BCUT2D eigenvalue weighted by atomic mass is 9.68. The fourth-order valence-corrected chi connectivity index (χ4v) is 7.44. The quantitative estimate of drug-likeness (QED) is 0.388. The zero-order valence-corrected chi connectivity index (χ0v) is 20.2. The molecule has 0 N–H and O–H groups in total. The highest BCUT2D eigenvalue weighted by Gasteiger charge is 2.31. The lowest BCUT2D eigenvalue weighted by molar-refractivity contribution is 0.137. The van der Waals surface area contributed by atoms with Crippen LogP contribution in [0.5, 0.6) is 0 Å². The van der Waals surface area contributed by atoms with Crippen molar-refractivity contribution in [3.63, 3.8) is 0 Å². The second-order valence-corrected chi connectivity index (χ2v) is 11.5. The summed E-state index contributed by atoms with van der Waals surface area (Å²) < 4.78 is 12.7. The molecule has 0 aliphatic heterocycles. The molecule has 0 unspecified atom stereocenters. The van der Waals surface area contributed by atoms with E-state index in [1.54, 1.807) is 12.8 Å². The second kappa shape index (κ2) is 11.9. The minimum absolute atomic E-state index is 0.338. The van der Waals surface area contributed by atoms with Gasteiger partial charge in [0, 0.05) is 0 Å². The van der Waals surface area contributed by atoms with E-state index in [1.165, 1.54) is 95.5 Å². The standard InChI is InChI=1S/C30H47F/c1-2-3-23-6-14-27(15-7-23)28-16-8-24(9-17-28)4-5-25-10-18-29(19-11-25)30-20-12-26(22-31)13-21-30/h12-13,20-21,23-25,27-29H,2-11,14-19,22H2,1H3/t23-,24-,25-,27-,28-,29-. The summed E-state index contributed by atoms with van der Waals surface area (Å²) >= 11 is 0. The second-order valence-electron chi connectivity index (χ2n) is 11.5. The molecular weight excluding hydrogens is 379 g/mol. The van der Waals surface area contributed by atoms with Crippen LogP contribution >= 0.6 is 0 Å². The van der Waals surface area contributed by atoms with E-state index in [0.717, 1.165) is 35.2 Å². The van der Waals surface area contributed by atoms with Gasteiger partial charge in [-0.2, -0.15) is 0 Å². The Hall–Kier alpha value is -0.850. The average molecular weight is 427 g/mol. The number of rotatable bonds is 8. The van der Waals surface area contributed by atoms with Crippen LogP contribution in [0, 0.1) is 29.6 Å². The topological polar surface area (TPSA) is 0 Å². The van der Waals surface area contributed by atoms with Gasteiger partial charge in [0.2, 0.25) is 0 Å². The molecule has 174 valence electrons. The zero-order chi connectivity index (χ0) is 21.5. The normalized spacial score (nSPS) is 34.5. The molecule has 3 aliphatic carbocycles. The van der Waals surface area contributed by atoms with Gasteiger partial charge in [0.25, 0.3) is 0 Å². The van der Waals surface area contributed by atoms with Gasteiger partial charge in [-0.3, -0.25) is 0 Å². The monoisotopic (exact) mass is 426 g/mol. The summed E-state index contributed by atoms with van der Waals surface area (Å²) in [6, 6.07) is 8.31. The lowest BCUT2D eigenvalue weighted by Crippen LogP contribution is -2.26. The minimum Gasteiger partial charge on any atom is -0.246 e. The zero-order valence-electron chi connectivity index (χ0n) is 20.2. The predicted octanol–water partition coefficient (Wildman–Crippen LogP) is 9.62.